The Labute approximate surface area is 123 Å². The van der Waals surface area contributed by atoms with Gasteiger partial charge < -0.3 is 15.4 Å². The molecule has 0 aliphatic carbocycles. The minimum absolute atomic E-state index is 0.210. The summed E-state index contributed by atoms with van der Waals surface area (Å²) in [5.74, 6) is -0.438. The van der Waals surface area contributed by atoms with E-state index in [2.05, 4.69) is 10.6 Å². The summed E-state index contributed by atoms with van der Waals surface area (Å²) in [6.45, 7) is 3.76. The van der Waals surface area contributed by atoms with E-state index in [4.69, 9.17) is 4.74 Å². The fourth-order valence-corrected chi connectivity index (χ4v) is 2.16. The van der Waals surface area contributed by atoms with E-state index in [-0.39, 0.29) is 12.6 Å². The highest BCUT2D eigenvalue weighted by molar-refractivity contribution is 5.95. The van der Waals surface area contributed by atoms with Gasteiger partial charge in [0.2, 0.25) is 0 Å². The monoisotopic (exact) mass is 286 g/mol. The number of amides is 2. The molecule has 0 aromatic heterocycles. The highest BCUT2D eigenvalue weighted by atomic mass is 16.5. The van der Waals surface area contributed by atoms with Crippen LogP contribution in [0.4, 0.5) is 4.79 Å². The van der Waals surface area contributed by atoms with Crippen LogP contribution in [-0.2, 0) is 9.53 Å². The molecule has 0 saturated heterocycles. The molecule has 110 valence electrons. The minimum atomic E-state index is -0.502. The second-order valence-electron chi connectivity index (χ2n) is 4.65. The number of benzene rings is 1. The first kappa shape index (κ1) is 14.8. The number of carbonyl (C=O) groups is 2. The van der Waals surface area contributed by atoms with Crippen molar-refractivity contribution in [1.29, 1.82) is 0 Å². The molecule has 5 heteroatoms. The number of carbonyl (C=O) groups excluding carboxylic acids is 2. The van der Waals surface area contributed by atoms with Crippen molar-refractivity contribution in [3.05, 3.63) is 59.3 Å². The topological polar surface area (TPSA) is 67.4 Å². The highest BCUT2D eigenvalue weighted by Crippen LogP contribution is 2.27. The summed E-state index contributed by atoms with van der Waals surface area (Å²) in [4.78, 5) is 23.9. The van der Waals surface area contributed by atoms with Crippen LogP contribution in [-0.4, -0.2) is 18.6 Å². The van der Waals surface area contributed by atoms with Crippen molar-refractivity contribution in [3.63, 3.8) is 0 Å². The van der Waals surface area contributed by atoms with Crippen LogP contribution < -0.4 is 10.6 Å². The molecule has 5 nitrogen and oxygen atoms in total. The second kappa shape index (κ2) is 6.74. The van der Waals surface area contributed by atoms with Crippen LogP contribution in [0.5, 0.6) is 0 Å². The molecule has 0 radical (unpaired) electrons. The summed E-state index contributed by atoms with van der Waals surface area (Å²) in [5, 5.41) is 5.37. The summed E-state index contributed by atoms with van der Waals surface area (Å²) in [5.41, 5.74) is 1.77. The number of esters is 1. The van der Waals surface area contributed by atoms with Crippen molar-refractivity contribution >= 4 is 12.0 Å². The number of hydrogen-bond donors (Lipinski definition) is 2. The van der Waals surface area contributed by atoms with Gasteiger partial charge in [-0.2, -0.15) is 0 Å². The summed E-state index contributed by atoms with van der Waals surface area (Å²) >= 11 is 0. The van der Waals surface area contributed by atoms with Gasteiger partial charge in [-0.1, -0.05) is 42.5 Å². The number of nitrogens with one attached hydrogen (secondary N) is 2. The second-order valence-corrected chi connectivity index (χ2v) is 4.65. The largest absolute Gasteiger partial charge is 0.458 e. The van der Waals surface area contributed by atoms with Crippen LogP contribution in [0.2, 0.25) is 0 Å². The first-order valence-corrected chi connectivity index (χ1v) is 6.75. The molecule has 1 aromatic rings. The lowest BCUT2D eigenvalue weighted by Crippen LogP contribution is -2.45. The van der Waals surface area contributed by atoms with Crippen LogP contribution in [0, 0.1) is 0 Å². The molecule has 1 heterocycles. The molecule has 2 rings (SSSR count). The maximum Gasteiger partial charge on any atom is 0.338 e. The molecule has 2 amide bonds. The third kappa shape index (κ3) is 3.51. The highest BCUT2D eigenvalue weighted by Gasteiger charge is 2.31. The van der Waals surface area contributed by atoms with Crippen molar-refractivity contribution in [3.8, 4) is 0 Å². The minimum Gasteiger partial charge on any atom is -0.458 e. The molecule has 2 N–H and O–H groups in total. The number of urea groups is 1. The average Bonchev–Trinajstić information content (AvgIpc) is 2.47. The molecular weight excluding hydrogens is 268 g/mol. The van der Waals surface area contributed by atoms with Crippen molar-refractivity contribution in [2.75, 3.05) is 6.61 Å². The van der Waals surface area contributed by atoms with Gasteiger partial charge in [0.1, 0.15) is 6.61 Å². The number of hydrogen-bond acceptors (Lipinski definition) is 3. The maximum absolute atomic E-state index is 12.3. The van der Waals surface area contributed by atoms with Gasteiger partial charge in [-0.15, -0.1) is 0 Å². The molecule has 0 saturated carbocycles. The number of ether oxygens (including phenoxy) is 1. The Bertz CT molecular complexity index is 591. The van der Waals surface area contributed by atoms with Crippen LogP contribution in [0.15, 0.2) is 53.8 Å². The van der Waals surface area contributed by atoms with Gasteiger partial charge in [0.05, 0.1) is 11.6 Å². The molecule has 1 aromatic carbocycles. The summed E-state index contributed by atoms with van der Waals surface area (Å²) in [6, 6.07) is 8.51. The zero-order valence-electron chi connectivity index (χ0n) is 12.1. The van der Waals surface area contributed by atoms with Crippen molar-refractivity contribution in [2.45, 2.75) is 19.9 Å². The first-order chi connectivity index (χ1) is 10.1. The molecule has 0 bridgehead atoms. The zero-order chi connectivity index (χ0) is 15.2. The Morgan fingerprint density at radius 1 is 1.33 bits per heavy atom. The Hall–Kier alpha value is -2.56. The van der Waals surface area contributed by atoms with Gasteiger partial charge in [-0.25, -0.2) is 9.59 Å². The van der Waals surface area contributed by atoms with Gasteiger partial charge in [-0.05, 0) is 19.4 Å². The summed E-state index contributed by atoms with van der Waals surface area (Å²) < 4.78 is 5.20. The number of allylic oxidation sites excluding steroid dienone is 2. The molecule has 1 atom stereocenters. The predicted octanol–water partition coefficient (Wildman–Crippen LogP) is 2.43. The maximum atomic E-state index is 12.3. The molecule has 1 aliphatic rings. The van der Waals surface area contributed by atoms with Crippen LogP contribution >= 0.6 is 0 Å². The van der Waals surface area contributed by atoms with Gasteiger partial charge >= 0.3 is 12.0 Å². The van der Waals surface area contributed by atoms with Crippen molar-refractivity contribution in [1.82, 2.24) is 10.6 Å². The Kier molecular flexibility index (Phi) is 4.77. The van der Waals surface area contributed by atoms with Gasteiger partial charge in [-0.3, -0.25) is 0 Å². The lowest BCUT2D eigenvalue weighted by atomic mass is 9.96. The molecular formula is C16H18N2O3. The van der Waals surface area contributed by atoms with Gasteiger partial charge in [0.15, 0.2) is 0 Å². The van der Waals surface area contributed by atoms with Gasteiger partial charge in [0.25, 0.3) is 0 Å². The van der Waals surface area contributed by atoms with E-state index in [1.165, 1.54) is 0 Å². The van der Waals surface area contributed by atoms with E-state index in [1.807, 2.05) is 43.3 Å². The smallest absolute Gasteiger partial charge is 0.338 e. The van der Waals surface area contributed by atoms with E-state index in [0.29, 0.717) is 11.3 Å². The molecule has 1 aliphatic heterocycles. The Morgan fingerprint density at radius 3 is 2.71 bits per heavy atom. The normalized spacial score (nSPS) is 18.4. The Morgan fingerprint density at radius 2 is 2.05 bits per heavy atom. The van der Waals surface area contributed by atoms with Crippen LogP contribution in [0.3, 0.4) is 0 Å². The zero-order valence-corrected chi connectivity index (χ0v) is 12.1. The standard InChI is InChI=1S/C16H18N2O3/c1-3-4-10-21-15(19)13-11(2)17-16(20)18-14(13)12-8-6-5-7-9-12/h3-9,14H,10H2,1-2H3,(H2,17,18,20). The molecule has 1 unspecified atom stereocenters. The van der Waals surface area contributed by atoms with Gasteiger partial charge in [0, 0.05) is 5.70 Å². The van der Waals surface area contributed by atoms with E-state index in [1.54, 1.807) is 13.0 Å². The quantitative estimate of drug-likeness (QED) is 0.660. The van der Waals surface area contributed by atoms with E-state index < -0.39 is 12.0 Å². The SMILES string of the molecule is CC=CCOC(=O)C1=C(C)NC(=O)NC1c1ccccc1. The van der Waals surface area contributed by atoms with E-state index >= 15 is 0 Å². The third-order valence-electron chi connectivity index (χ3n) is 3.17. The lowest BCUT2D eigenvalue weighted by molar-refractivity contribution is -0.138. The van der Waals surface area contributed by atoms with E-state index in [0.717, 1.165) is 5.56 Å². The van der Waals surface area contributed by atoms with E-state index in [9.17, 15) is 9.59 Å². The molecule has 21 heavy (non-hydrogen) atoms. The fraction of sp³-hybridized carbons (Fsp3) is 0.250. The van der Waals surface area contributed by atoms with Crippen molar-refractivity contribution < 1.29 is 14.3 Å². The number of rotatable bonds is 4. The van der Waals surface area contributed by atoms with Crippen LogP contribution in [0.25, 0.3) is 0 Å². The predicted molar refractivity (Wildman–Crippen MR) is 79.3 cm³/mol. The fourth-order valence-electron chi connectivity index (χ4n) is 2.16. The summed E-state index contributed by atoms with van der Waals surface area (Å²) in [6.07, 6.45) is 3.56. The van der Waals surface area contributed by atoms with Crippen LogP contribution in [0.1, 0.15) is 25.5 Å². The summed E-state index contributed by atoms with van der Waals surface area (Å²) in [7, 11) is 0. The average molecular weight is 286 g/mol. The first-order valence-electron chi connectivity index (χ1n) is 6.75. The Balaban J connectivity index is 2.30. The third-order valence-corrected chi connectivity index (χ3v) is 3.17. The lowest BCUT2D eigenvalue weighted by Gasteiger charge is -2.28. The molecule has 0 fully saturated rings. The van der Waals surface area contributed by atoms with Crippen molar-refractivity contribution in [2.24, 2.45) is 0 Å². The molecule has 0 spiro atoms.